The van der Waals surface area contributed by atoms with Crippen molar-refractivity contribution in [2.75, 3.05) is 0 Å². The van der Waals surface area contributed by atoms with Gasteiger partial charge in [-0.05, 0) is 43.9 Å². The first-order valence-corrected chi connectivity index (χ1v) is 12.6. The number of benzene rings is 3. The quantitative estimate of drug-likeness (QED) is 0.215. The predicted octanol–water partition coefficient (Wildman–Crippen LogP) is 6.33. The van der Waals surface area contributed by atoms with E-state index in [2.05, 4.69) is 6.58 Å². The number of carbonyl (C=O) groups excluding carboxylic acids is 2. The van der Waals surface area contributed by atoms with E-state index in [1.165, 1.54) is 0 Å². The van der Waals surface area contributed by atoms with Gasteiger partial charge in [-0.2, -0.15) is 0 Å². The van der Waals surface area contributed by atoms with Crippen LogP contribution >= 0.6 is 0 Å². The number of ether oxygens (including phenoxy) is 2. The molecule has 37 heavy (non-hydrogen) atoms. The van der Waals surface area contributed by atoms with Gasteiger partial charge < -0.3 is 9.47 Å². The average Bonchev–Trinajstić information content (AvgIpc) is 2.88. The van der Waals surface area contributed by atoms with Crippen LogP contribution in [0.4, 0.5) is 0 Å². The van der Waals surface area contributed by atoms with Gasteiger partial charge in [-0.3, -0.25) is 14.5 Å². The summed E-state index contributed by atoms with van der Waals surface area (Å²) in [5.74, 6) is -1.69. The molecule has 0 N–H and O–H groups in total. The number of rotatable bonds is 12. The molecule has 0 aliphatic heterocycles. The zero-order chi connectivity index (χ0) is 26.7. The van der Waals surface area contributed by atoms with Gasteiger partial charge in [0.05, 0.1) is 5.92 Å². The van der Waals surface area contributed by atoms with Crippen molar-refractivity contribution in [3.8, 4) is 0 Å². The van der Waals surface area contributed by atoms with Crippen LogP contribution in [-0.4, -0.2) is 28.5 Å². The van der Waals surface area contributed by atoms with Crippen molar-refractivity contribution < 1.29 is 19.1 Å². The van der Waals surface area contributed by atoms with Gasteiger partial charge in [0.25, 0.3) is 0 Å². The molecule has 0 heterocycles. The van der Waals surface area contributed by atoms with Crippen molar-refractivity contribution in [1.29, 1.82) is 0 Å². The van der Waals surface area contributed by atoms with Gasteiger partial charge in [0, 0.05) is 13.1 Å². The number of nitrogens with zero attached hydrogens (tertiary/aromatic N) is 1. The van der Waals surface area contributed by atoms with Crippen molar-refractivity contribution >= 4 is 11.9 Å². The summed E-state index contributed by atoms with van der Waals surface area (Å²) < 4.78 is 11.6. The molecule has 0 saturated heterocycles. The fourth-order valence-corrected chi connectivity index (χ4v) is 4.18. The van der Waals surface area contributed by atoms with Gasteiger partial charge in [0.15, 0.2) is 0 Å². The van der Waals surface area contributed by atoms with E-state index in [0.29, 0.717) is 13.1 Å². The zero-order valence-corrected chi connectivity index (χ0v) is 22.0. The summed E-state index contributed by atoms with van der Waals surface area (Å²) in [6, 6.07) is 28.5. The summed E-state index contributed by atoms with van der Waals surface area (Å²) in [6.07, 6.45) is 1.94. The van der Waals surface area contributed by atoms with E-state index in [9.17, 15) is 9.59 Å². The molecule has 0 amide bonds. The molecule has 3 aromatic rings. The lowest BCUT2D eigenvalue weighted by Gasteiger charge is -2.35. The van der Waals surface area contributed by atoms with Crippen LogP contribution in [0.3, 0.4) is 0 Å². The predicted molar refractivity (Wildman–Crippen MR) is 146 cm³/mol. The second kappa shape index (κ2) is 13.6. The Morgan fingerprint density at radius 1 is 0.784 bits per heavy atom. The molecule has 0 aliphatic rings. The van der Waals surface area contributed by atoms with Crippen molar-refractivity contribution in [1.82, 2.24) is 4.90 Å². The minimum Gasteiger partial charge on any atom is -0.460 e. The smallest absolute Gasteiger partial charge is 0.324 e. The van der Waals surface area contributed by atoms with Crippen LogP contribution in [0.1, 0.15) is 43.9 Å². The van der Waals surface area contributed by atoms with Crippen molar-refractivity contribution in [2.45, 2.75) is 58.5 Å². The van der Waals surface area contributed by atoms with Crippen LogP contribution in [0.25, 0.3) is 0 Å². The largest absolute Gasteiger partial charge is 0.460 e. The Morgan fingerprint density at radius 3 is 1.68 bits per heavy atom. The summed E-state index contributed by atoms with van der Waals surface area (Å²) in [5.41, 5.74) is 2.24. The molecule has 0 saturated carbocycles. The number of hydrogen-bond acceptors (Lipinski definition) is 5. The molecule has 5 heteroatoms. The molecule has 194 valence electrons. The standard InChI is InChI=1S/C32H37NO4/c1-5-15-28(30(34)37-32(2,3)4)29(31(35)36-24-27-20-13-8-14-21-27)33(22-25-16-9-6-10-17-25)23-26-18-11-7-12-19-26/h5-14,16-21,28-29H,1,15,22-24H2,2-4H3. The first kappa shape index (κ1) is 27.9. The van der Waals surface area contributed by atoms with E-state index in [-0.39, 0.29) is 13.0 Å². The maximum absolute atomic E-state index is 13.8. The molecule has 0 spiro atoms. The minimum absolute atomic E-state index is 0.121. The molecule has 2 atom stereocenters. The number of esters is 2. The lowest BCUT2D eigenvalue weighted by atomic mass is 9.93. The highest BCUT2D eigenvalue weighted by Crippen LogP contribution is 2.26. The molecule has 2 unspecified atom stereocenters. The molecule has 0 aliphatic carbocycles. The lowest BCUT2D eigenvalue weighted by molar-refractivity contribution is -0.170. The van der Waals surface area contributed by atoms with E-state index >= 15 is 0 Å². The van der Waals surface area contributed by atoms with Crippen LogP contribution in [0.15, 0.2) is 104 Å². The van der Waals surface area contributed by atoms with E-state index < -0.39 is 29.5 Å². The Hall–Kier alpha value is -3.70. The molecule has 3 aromatic carbocycles. The summed E-state index contributed by atoms with van der Waals surface area (Å²) in [5, 5.41) is 0. The van der Waals surface area contributed by atoms with Crippen LogP contribution < -0.4 is 0 Å². The highest BCUT2D eigenvalue weighted by molar-refractivity contribution is 5.85. The van der Waals surface area contributed by atoms with Crippen LogP contribution in [-0.2, 0) is 38.8 Å². The third-order valence-corrected chi connectivity index (χ3v) is 5.83. The Morgan fingerprint density at radius 2 is 1.24 bits per heavy atom. The van der Waals surface area contributed by atoms with Crippen molar-refractivity contribution in [2.24, 2.45) is 5.92 Å². The SMILES string of the molecule is C=CCC(C(=O)OC(C)(C)C)C(C(=O)OCc1ccccc1)N(Cc1ccccc1)Cc1ccccc1. The maximum atomic E-state index is 13.8. The van der Waals surface area contributed by atoms with Crippen molar-refractivity contribution in [3.63, 3.8) is 0 Å². The van der Waals surface area contributed by atoms with Crippen molar-refractivity contribution in [3.05, 3.63) is 120 Å². The highest BCUT2D eigenvalue weighted by atomic mass is 16.6. The summed E-state index contributed by atoms with van der Waals surface area (Å²) >= 11 is 0. The highest BCUT2D eigenvalue weighted by Gasteiger charge is 2.41. The number of allylic oxidation sites excluding steroid dienone is 1. The fourth-order valence-electron chi connectivity index (χ4n) is 4.18. The van der Waals surface area contributed by atoms with Gasteiger partial charge in [0.2, 0.25) is 0 Å². The van der Waals surface area contributed by atoms with Gasteiger partial charge in [-0.25, -0.2) is 0 Å². The third-order valence-electron chi connectivity index (χ3n) is 5.83. The number of hydrogen-bond donors (Lipinski definition) is 0. The van der Waals surface area contributed by atoms with Gasteiger partial charge in [-0.1, -0.05) is 97.1 Å². The van der Waals surface area contributed by atoms with Gasteiger partial charge >= 0.3 is 11.9 Å². The Labute approximate surface area is 220 Å². The van der Waals surface area contributed by atoms with E-state index in [1.807, 2.05) is 117 Å². The maximum Gasteiger partial charge on any atom is 0.324 e. The molecule has 0 bridgehead atoms. The minimum atomic E-state index is -0.878. The van der Waals surface area contributed by atoms with E-state index in [1.54, 1.807) is 6.08 Å². The first-order valence-electron chi connectivity index (χ1n) is 12.6. The molecule has 0 aromatic heterocycles. The fraction of sp³-hybridized carbons (Fsp3) is 0.312. The first-order chi connectivity index (χ1) is 17.8. The van der Waals surface area contributed by atoms with Crippen LogP contribution in [0.2, 0.25) is 0 Å². The normalized spacial score (nSPS) is 13.0. The molecule has 0 fully saturated rings. The molecule has 5 nitrogen and oxygen atoms in total. The van der Waals surface area contributed by atoms with Gasteiger partial charge in [0.1, 0.15) is 18.2 Å². The third kappa shape index (κ3) is 9.03. The Bertz CT molecular complexity index is 1080. The summed E-state index contributed by atoms with van der Waals surface area (Å²) in [4.78, 5) is 29.3. The monoisotopic (exact) mass is 499 g/mol. The Kier molecular flexibility index (Phi) is 10.2. The second-order valence-electron chi connectivity index (χ2n) is 10.1. The second-order valence-corrected chi connectivity index (χ2v) is 10.1. The Balaban J connectivity index is 2.00. The summed E-state index contributed by atoms with van der Waals surface area (Å²) in [6.45, 7) is 10.4. The number of carbonyl (C=O) groups is 2. The molecular weight excluding hydrogens is 462 g/mol. The topological polar surface area (TPSA) is 55.8 Å². The molecule has 0 radical (unpaired) electrons. The van der Waals surface area contributed by atoms with E-state index in [0.717, 1.165) is 16.7 Å². The van der Waals surface area contributed by atoms with Crippen LogP contribution in [0, 0.1) is 5.92 Å². The average molecular weight is 500 g/mol. The van der Waals surface area contributed by atoms with E-state index in [4.69, 9.17) is 9.47 Å². The summed E-state index contributed by atoms with van der Waals surface area (Å²) in [7, 11) is 0. The molecular formula is C32H37NO4. The van der Waals surface area contributed by atoms with Gasteiger partial charge in [-0.15, -0.1) is 6.58 Å². The van der Waals surface area contributed by atoms with Crippen LogP contribution in [0.5, 0.6) is 0 Å². The zero-order valence-electron chi connectivity index (χ0n) is 22.0. The molecule has 3 rings (SSSR count). The lowest BCUT2D eigenvalue weighted by Crippen LogP contribution is -2.50.